The van der Waals surface area contributed by atoms with Crippen LogP contribution < -0.4 is 15.4 Å². The smallest absolute Gasteiger partial charge is 0.225 e. The summed E-state index contributed by atoms with van der Waals surface area (Å²) in [6.07, 6.45) is 2.66. The summed E-state index contributed by atoms with van der Waals surface area (Å²) >= 11 is 0. The Labute approximate surface area is 149 Å². The van der Waals surface area contributed by atoms with E-state index < -0.39 is 0 Å². The van der Waals surface area contributed by atoms with Crippen molar-refractivity contribution in [1.29, 1.82) is 0 Å². The maximum atomic E-state index is 12.1. The Morgan fingerprint density at radius 2 is 2.32 bits per heavy atom. The fraction of sp³-hybridized carbons (Fsp3) is 0.611. The van der Waals surface area contributed by atoms with E-state index in [-0.39, 0.29) is 17.9 Å². The van der Waals surface area contributed by atoms with Crippen LogP contribution in [0.25, 0.3) is 0 Å². The molecule has 1 amide bonds. The summed E-state index contributed by atoms with van der Waals surface area (Å²) < 4.78 is 5.14. The molecule has 138 valence electrons. The number of rotatable bonds is 6. The van der Waals surface area contributed by atoms with E-state index in [0.717, 1.165) is 37.6 Å². The number of aliphatic imine (C=N–C) groups is 1. The average molecular weight is 347 g/mol. The van der Waals surface area contributed by atoms with Crippen LogP contribution in [0.1, 0.15) is 32.8 Å². The second-order valence-corrected chi connectivity index (χ2v) is 6.47. The van der Waals surface area contributed by atoms with Crippen molar-refractivity contribution in [2.45, 2.75) is 39.8 Å². The zero-order chi connectivity index (χ0) is 18.2. The maximum absolute atomic E-state index is 12.1. The predicted molar refractivity (Wildman–Crippen MR) is 98.6 cm³/mol. The minimum Gasteiger partial charge on any atom is -0.481 e. The van der Waals surface area contributed by atoms with Crippen LogP contribution >= 0.6 is 0 Å². The number of carbonyl (C=O) groups excluding carboxylic acids is 1. The van der Waals surface area contributed by atoms with Crippen molar-refractivity contribution in [3.05, 3.63) is 23.9 Å². The minimum absolute atomic E-state index is 0.0438. The van der Waals surface area contributed by atoms with Gasteiger partial charge in [-0.25, -0.2) is 9.98 Å². The van der Waals surface area contributed by atoms with Gasteiger partial charge in [0.05, 0.1) is 13.7 Å². The molecule has 0 spiro atoms. The molecule has 0 radical (unpaired) electrons. The van der Waals surface area contributed by atoms with Crippen molar-refractivity contribution in [1.82, 2.24) is 20.5 Å². The standard InChI is InChI=1S/C18H29N5O2/c1-5-19-18(21-11-14-6-8-20-16(10-14)25-4)22-15-7-9-23(12-15)17(24)13(2)3/h6,8,10,13,15H,5,7,9,11-12H2,1-4H3,(H2,19,21,22). The van der Waals surface area contributed by atoms with Gasteiger partial charge in [0, 0.05) is 43.9 Å². The Balaban J connectivity index is 1.95. The number of amides is 1. The number of guanidine groups is 1. The van der Waals surface area contributed by atoms with Gasteiger partial charge in [0.25, 0.3) is 0 Å². The second-order valence-electron chi connectivity index (χ2n) is 6.47. The highest BCUT2D eigenvalue weighted by Crippen LogP contribution is 2.13. The van der Waals surface area contributed by atoms with E-state index in [9.17, 15) is 4.79 Å². The normalized spacial score (nSPS) is 17.7. The summed E-state index contributed by atoms with van der Waals surface area (Å²) in [5, 5.41) is 6.70. The van der Waals surface area contributed by atoms with E-state index in [4.69, 9.17) is 4.74 Å². The van der Waals surface area contributed by atoms with Crippen molar-refractivity contribution < 1.29 is 9.53 Å². The number of pyridine rings is 1. The number of hydrogen-bond donors (Lipinski definition) is 2. The molecule has 1 fully saturated rings. The van der Waals surface area contributed by atoms with Gasteiger partial charge >= 0.3 is 0 Å². The first-order valence-electron chi connectivity index (χ1n) is 8.86. The number of methoxy groups -OCH3 is 1. The third kappa shape index (κ3) is 5.62. The van der Waals surface area contributed by atoms with Crippen LogP contribution in [0.3, 0.4) is 0 Å². The summed E-state index contributed by atoms with van der Waals surface area (Å²) in [5.41, 5.74) is 1.03. The van der Waals surface area contributed by atoms with Crippen LogP contribution in [-0.4, -0.2) is 54.5 Å². The predicted octanol–water partition coefficient (Wildman–Crippen LogP) is 1.40. The van der Waals surface area contributed by atoms with Crippen molar-refractivity contribution in [3.8, 4) is 5.88 Å². The summed E-state index contributed by atoms with van der Waals surface area (Å²) in [5.74, 6) is 1.61. The van der Waals surface area contributed by atoms with Crippen LogP contribution in [0.5, 0.6) is 5.88 Å². The number of aromatic nitrogens is 1. The number of nitrogens with one attached hydrogen (secondary N) is 2. The molecule has 1 unspecified atom stereocenters. The van der Waals surface area contributed by atoms with E-state index in [1.54, 1.807) is 13.3 Å². The quantitative estimate of drug-likeness (QED) is 0.601. The number of hydrogen-bond acceptors (Lipinski definition) is 4. The molecule has 1 atom stereocenters. The summed E-state index contributed by atoms with van der Waals surface area (Å²) in [6.45, 7) is 8.77. The number of likely N-dealkylation sites (tertiary alicyclic amines) is 1. The Morgan fingerprint density at radius 1 is 1.52 bits per heavy atom. The first-order valence-corrected chi connectivity index (χ1v) is 8.86. The molecule has 7 heteroatoms. The summed E-state index contributed by atoms with van der Waals surface area (Å²) in [7, 11) is 1.60. The second kappa shape index (κ2) is 9.25. The molecular formula is C18H29N5O2. The van der Waals surface area contributed by atoms with E-state index in [0.29, 0.717) is 12.4 Å². The van der Waals surface area contributed by atoms with Crippen LogP contribution in [0.15, 0.2) is 23.3 Å². The molecule has 0 saturated carbocycles. The van der Waals surface area contributed by atoms with Crippen molar-refractivity contribution >= 4 is 11.9 Å². The summed E-state index contributed by atoms with van der Waals surface area (Å²) in [4.78, 5) is 22.8. The third-order valence-corrected chi connectivity index (χ3v) is 4.11. The largest absolute Gasteiger partial charge is 0.481 e. The average Bonchev–Trinajstić information content (AvgIpc) is 3.07. The topological polar surface area (TPSA) is 78.9 Å². The molecule has 1 saturated heterocycles. The molecule has 0 aliphatic carbocycles. The van der Waals surface area contributed by atoms with Gasteiger partial charge in [0.1, 0.15) is 0 Å². The van der Waals surface area contributed by atoms with Crippen molar-refractivity contribution in [3.63, 3.8) is 0 Å². The van der Waals surface area contributed by atoms with Crippen molar-refractivity contribution in [2.24, 2.45) is 10.9 Å². The Kier molecular flexibility index (Phi) is 7.03. The zero-order valence-electron chi connectivity index (χ0n) is 15.6. The van der Waals surface area contributed by atoms with Crippen LogP contribution in [0.4, 0.5) is 0 Å². The molecule has 2 rings (SSSR count). The monoisotopic (exact) mass is 347 g/mol. The fourth-order valence-corrected chi connectivity index (χ4v) is 2.79. The van der Waals surface area contributed by atoms with Gasteiger partial charge in [0.15, 0.2) is 5.96 Å². The molecular weight excluding hydrogens is 318 g/mol. The molecule has 25 heavy (non-hydrogen) atoms. The van der Waals surface area contributed by atoms with Crippen LogP contribution in [0, 0.1) is 5.92 Å². The lowest BCUT2D eigenvalue weighted by atomic mass is 10.2. The highest BCUT2D eigenvalue weighted by molar-refractivity contribution is 5.81. The van der Waals surface area contributed by atoms with Crippen LogP contribution in [0.2, 0.25) is 0 Å². The van der Waals surface area contributed by atoms with E-state index in [1.165, 1.54) is 0 Å². The number of ether oxygens (including phenoxy) is 1. The van der Waals surface area contributed by atoms with Gasteiger partial charge in [-0.05, 0) is 25.0 Å². The van der Waals surface area contributed by atoms with Gasteiger partial charge in [-0.2, -0.15) is 0 Å². The first kappa shape index (κ1) is 19.0. The molecule has 0 aromatic carbocycles. The lowest BCUT2D eigenvalue weighted by molar-refractivity contribution is -0.133. The fourth-order valence-electron chi connectivity index (χ4n) is 2.79. The molecule has 1 aliphatic heterocycles. The van der Waals surface area contributed by atoms with Crippen molar-refractivity contribution in [2.75, 3.05) is 26.7 Å². The number of nitrogens with zero attached hydrogens (tertiary/aromatic N) is 3. The molecule has 1 aliphatic rings. The first-order chi connectivity index (χ1) is 12.0. The van der Waals surface area contributed by atoms with Gasteiger partial charge in [0.2, 0.25) is 11.8 Å². The Bertz CT molecular complexity index is 603. The molecule has 7 nitrogen and oxygen atoms in total. The molecule has 2 N–H and O–H groups in total. The zero-order valence-corrected chi connectivity index (χ0v) is 15.6. The van der Waals surface area contributed by atoms with Gasteiger partial charge in [-0.1, -0.05) is 13.8 Å². The Morgan fingerprint density at radius 3 is 3.00 bits per heavy atom. The van der Waals surface area contributed by atoms with Gasteiger partial charge in [-0.3, -0.25) is 4.79 Å². The number of carbonyl (C=O) groups is 1. The third-order valence-electron chi connectivity index (χ3n) is 4.11. The molecule has 2 heterocycles. The van der Waals surface area contributed by atoms with Gasteiger partial charge in [-0.15, -0.1) is 0 Å². The highest BCUT2D eigenvalue weighted by atomic mass is 16.5. The maximum Gasteiger partial charge on any atom is 0.225 e. The van der Waals surface area contributed by atoms with Crippen LogP contribution in [-0.2, 0) is 11.3 Å². The lowest BCUT2D eigenvalue weighted by Gasteiger charge is -2.20. The van der Waals surface area contributed by atoms with E-state index in [2.05, 4.69) is 20.6 Å². The SMILES string of the molecule is CCNC(=NCc1ccnc(OC)c1)NC1CCN(C(=O)C(C)C)C1. The molecule has 1 aromatic heterocycles. The van der Waals surface area contributed by atoms with E-state index in [1.807, 2.05) is 37.8 Å². The van der Waals surface area contributed by atoms with E-state index >= 15 is 0 Å². The summed E-state index contributed by atoms with van der Waals surface area (Å²) in [6, 6.07) is 4.03. The minimum atomic E-state index is 0.0438. The molecule has 0 bridgehead atoms. The lowest BCUT2D eigenvalue weighted by Crippen LogP contribution is -2.45. The highest BCUT2D eigenvalue weighted by Gasteiger charge is 2.27. The Hall–Kier alpha value is -2.31. The molecule has 1 aromatic rings. The van der Waals surface area contributed by atoms with Gasteiger partial charge < -0.3 is 20.3 Å².